The zero-order valence-corrected chi connectivity index (χ0v) is 11.3. The highest BCUT2D eigenvalue weighted by Gasteiger charge is 2.33. The molecule has 98 valence electrons. The molecule has 1 rings (SSSR count). The van der Waals surface area contributed by atoms with Crippen LogP contribution < -0.4 is 0 Å². The Morgan fingerprint density at radius 2 is 1.83 bits per heavy atom. The largest absolute Gasteiger partial charge is 0.465 e. The number of carbonyl (C=O) groups is 2. The van der Waals surface area contributed by atoms with E-state index in [0.717, 1.165) is 4.90 Å². The van der Waals surface area contributed by atoms with Gasteiger partial charge in [0.15, 0.2) is 0 Å². The Morgan fingerprint density at radius 1 is 1.33 bits per heavy atom. The van der Waals surface area contributed by atoms with E-state index in [4.69, 9.17) is 11.6 Å². The van der Waals surface area contributed by atoms with Gasteiger partial charge in [0.05, 0.1) is 0 Å². The van der Waals surface area contributed by atoms with Crippen LogP contribution in [0.2, 0.25) is 5.02 Å². The van der Waals surface area contributed by atoms with Crippen molar-refractivity contribution in [3.8, 4) is 0 Å². The molecule has 0 aliphatic rings. The zero-order chi connectivity index (χ0) is 13.9. The molecule has 0 heterocycles. The number of halogens is 1. The molecule has 0 fully saturated rings. The lowest BCUT2D eigenvalue weighted by molar-refractivity contribution is -0.113. The lowest BCUT2D eigenvalue weighted by Crippen LogP contribution is -2.47. The van der Waals surface area contributed by atoms with Gasteiger partial charge in [0.1, 0.15) is 12.3 Å². The van der Waals surface area contributed by atoms with Crippen molar-refractivity contribution in [1.29, 1.82) is 0 Å². The quantitative estimate of drug-likeness (QED) is 0.856. The van der Waals surface area contributed by atoms with E-state index in [9.17, 15) is 14.7 Å². The van der Waals surface area contributed by atoms with Crippen LogP contribution in [0.15, 0.2) is 24.3 Å². The first-order valence-electron chi connectivity index (χ1n) is 5.50. The topological polar surface area (TPSA) is 57.6 Å². The van der Waals surface area contributed by atoms with Crippen molar-refractivity contribution < 1.29 is 14.7 Å². The van der Waals surface area contributed by atoms with Crippen LogP contribution in [0.5, 0.6) is 0 Å². The number of hydrogen-bond acceptors (Lipinski definition) is 2. The van der Waals surface area contributed by atoms with Crippen LogP contribution in [0.3, 0.4) is 0 Å². The summed E-state index contributed by atoms with van der Waals surface area (Å²) in [5.41, 5.74) is -0.0661. The second-order valence-corrected chi connectivity index (χ2v) is 5.39. The molecule has 1 aromatic rings. The summed E-state index contributed by atoms with van der Waals surface area (Å²) < 4.78 is 0. The van der Waals surface area contributed by atoms with Gasteiger partial charge < -0.3 is 9.90 Å². The molecule has 0 unspecified atom stereocenters. The molecule has 0 aliphatic carbocycles. The van der Waals surface area contributed by atoms with Crippen LogP contribution in [-0.2, 0) is 4.79 Å². The fourth-order valence-corrected chi connectivity index (χ4v) is 1.90. The first-order chi connectivity index (χ1) is 8.27. The normalized spacial score (nSPS) is 12.9. The third kappa shape index (κ3) is 3.23. The number of benzene rings is 1. The summed E-state index contributed by atoms with van der Waals surface area (Å²) >= 11 is 5.77. The van der Waals surface area contributed by atoms with Gasteiger partial charge in [0.2, 0.25) is 0 Å². The molecule has 1 aromatic carbocycles. The van der Waals surface area contributed by atoms with E-state index in [1.165, 1.54) is 0 Å². The number of carbonyl (C=O) groups excluding carboxylic acids is 1. The zero-order valence-electron chi connectivity index (χ0n) is 10.6. The van der Waals surface area contributed by atoms with Crippen molar-refractivity contribution in [2.45, 2.75) is 32.4 Å². The summed E-state index contributed by atoms with van der Waals surface area (Å²) in [7, 11) is 0. The van der Waals surface area contributed by atoms with Gasteiger partial charge >= 0.3 is 6.09 Å². The lowest BCUT2D eigenvalue weighted by atomic mass is 9.99. The van der Waals surface area contributed by atoms with Crippen molar-refractivity contribution >= 4 is 24.0 Å². The highest BCUT2D eigenvalue weighted by Crippen LogP contribution is 2.27. The molecule has 1 amide bonds. The number of nitrogens with zero attached hydrogens (tertiary/aromatic N) is 1. The molecule has 0 aliphatic heterocycles. The smallest absolute Gasteiger partial charge is 0.408 e. The van der Waals surface area contributed by atoms with Gasteiger partial charge in [-0.25, -0.2) is 4.79 Å². The van der Waals surface area contributed by atoms with Gasteiger partial charge in [-0.3, -0.25) is 4.90 Å². The number of carboxylic acid groups (broad SMARTS) is 1. The first kappa shape index (κ1) is 14.5. The summed E-state index contributed by atoms with van der Waals surface area (Å²) in [4.78, 5) is 23.7. The Bertz CT molecular complexity index is 437. The molecular formula is C13H16ClNO3. The van der Waals surface area contributed by atoms with Crippen LogP contribution in [0.1, 0.15) is 32.4 Å². The van der Waals surface area contributed by atoms with Crippen LogP contribution >= 0.6 is 11.6 Å². The molecule has 1 N–H and O–H groups in total. The SMILES string of the molecule is CC(C)(C)N(C(=O)O)[C@@H](C=O)c1ccc(Cl)cc1. The molecule has 0 spiro atoms. The highest BCUT2D eigenvalue weighted by molar-refractivity contribution is 6.30. The lowest BCUT2D eigenvalue weighted by Gasteiger charge is -2.37. The van der Waals surface area contributed by atoms with E-state index >= 15 is 0 Å². The number of hydrogen-bond donors (Lipinski definition) is 1. The van der Waals surface area contributed by atoms with E-state index in [-0.39, 0.29) is 0 Å². The van der Waals surface area contributed by atoms with E-state index in [0.29, 0.717) is 16.9 Å². The summed E-state index contributed by atoms with van der Waals surface area (Å²) in [6.45, 7) is 5.23. The first-order valence-corrected chi connectivity index (χ1v) is 5.88. The summed E-state index contributed by atoms with van der Waals surface area (Å²) in [6, 6.07) is 5.75. The maximum atomic E-state index is 11.3. The summed E-state index contributed by atoms with van der Waals surface area (Å²) in [5.74, 6) is 0. The van der Waals surface area contributed by atoms with Gasteiger partial charge in [0.25, 0.3) is 0 Å². The van der Waals surface area contributed by atoms with Gasteiger partial charge in [0, 0.05) is 10.6 Å². The van der Waals surface area contributed by atoms with E-state index in [2.05, 4.69) is 0 Å². The minimum atomic E-state index is -1.13. The Kier molecular flexibility index (Phi) is 4.35. The molecular weight excluding hydrogens is 254 g/mol. The number of aldehydes is 1. The second-order valence-electron chi connectivity index (χ2n) is 4.96. The second kappa shape index (κ2) is 5.40. The van der Waals surface area contributed by atoms with Crippen molar-refractivity contribution in [2.24, 2.45) is 0 Å². The minimum absolute atomic E-state index is 0.543. The standard InChI is InChI=1S/C13H16ClNO3/c1-13(2,3)15(12(17)18)11(8-16)9-4-6-10(14)7-5-9/h4-8,11H,1-3H3,(H,17,18)/t11-/m0/s1. The van der Waals surface area contributed by atoms with Crippen LogP contribution in [-0.4, -0.2) is 27.9 Å². The van der Waals surface area contributed by atoms with E-state index in [1.807, 2.05) is 0 Å². The molecule has 0 bridgehead atoms. The van der Waals surface area contributed by atoms with Crippen molar-refractivity contribution in [3.05, 3.63) is 34.9 Å². The van der Waals surface area contributed by atoms with Crippen LogP contribution in [0.25, 0.3) is 0 Å². The van der Waals surface area contributed by atoms with Gasteiger partial charge in [-0.05, 0) is 38.5 Å². The summed E-state index contributed by atoms with van der Waals surface area (Å²) in [5, 5.41) is 9.81. The molecule has 0 aromatic heterocycles. The van der Waals surface area contributed by atoms with Gasteiger partial charge in [-0.2, -0.15) is 0 Å². The van der Waals surface area contributed by atoms with Gasteiger partial charge in [-0.15, -0.1) is 0 Å². The maximum absolute atomic E-state index is 11.3. The molecule has 0 saturated carbocycles. The minimum Gasteiger partial charge on any atom is -0.465 e. The Balaban J connectivity index is 3.18. The Morgan fingerprint density at radius 3 is 2.17 bits per heavy atom. The average Bonchev–Trinajstić information content (AvgIpc) is 2.24. The number of rotatable bonds is 3. The number of amides is 1. The van der Waals surface area contributed by atoms with Gasteiger partial charge in [-0.1, -0.05) is 23.7 Å². The molecule has 0 saturated heterocycles. The maximum Gasteiger partial charge on any atom is 0.408 e. The fraction of sp³-hybridized carbons (Fsp3) is 0.385. The van der Waals surface area contributed by atoms with E-state index < -0.39 is 17.7 Å². The predicted molar refractivity (Wildman–Crippen MR) is 69.9 cm³/mol. The third-order valence-corrected chi connectivity index (χ3v) is 2.80. The monoisotopic (exact) mass is 269 g/mol. The fourth-order valence-electron chi connectivity index (χ4n) is 1.77. The molecule has 18 heavy (non-hydrogen) atoms. The van der Waals surface area contributed by atoms with Crippen molar-refractivity contribution in [3.63, 3.8) is 0 Å². The summed E-state index contributed by atoms with van der Waals surface area (Å²) in [6.07, 6.45) is -0.502. The molecule has 5 heteroatoms. The Labute approximate surface area is 111 Å². The molecule has 0 radical (unpaired) electrons. The molecule has 4 nitrogen and oxygen atoms in total. The molecule has 1 atom stereocenters. The Hall–Kier alpha value is -1.55. The van der Waals surface area contributed by atoms with Crippen molar-refractivity contribution in [2.75, 3.05) is 0 Å². The van der Waals surface area contributed by atoms with Crippen molar-refractivity contribution in [1.82, 2.24) is 4.90 Å². The third-order valence-electron chi connectivity index (χ3n) is 2.55. The van der Waals surface area contributed by atoms with Crippen LogP contribution in [0.4, 0.5) is 4.79 Å². The van der Waals surface area contributed by atoms with E-state index in [1.54, 1.807) is 45.0 Å². The highest BCUT2D eigenvalue weighted by atomic mass is 35.5. The predicted octanol–water partition coefficient (Wildman–Crippen LogP) is 3.36. The van der Waals surface area contributed by atoms with Crippen LogP contribution in [0, 0.1) is 0 Å². The average molecular weight is 270 g/mol.